The van der Waals surface area contributed by atoms with Crippen LogP contribution in [-0.4, -0.2) is 252 Å². The van der Waals surface area contributed by atoms with Gasteiger partial charge in [-0.3, -0.25) is 14.7 Å². The second kappa shape index (κ2) is 41.2. The Bertz CT molecular complexity index is 1360. The molecule has 0 aromatic heterocycles. The van der Waals surface area contributed by atoms with E-state index in [1.807, 2.05) is 20.8 Å². The molecule has 13 nitrogen and oxygen atoms in total. The van der Waals surface area contributed by atoms with Crippen LogP contribution < -0.4 is 5.32 Å². The number of ether oxygens (including phenoxy) is 6. The Hall–Kier alpha value is -0.940. The quantitative estimate of drug-likeness (QED) is 0.0513. The highest BCUT2D eigenvalue weighted by atomic mass is 19.3. The molecule has 0 aliphatic carbocycles. The molecule has 1 N–H and O–H groups in total. The van der Waals surface area contributed by atoms with Gasteiger partial charge in [0.05, 0.1) is 30.0 Å². The van der Waals surface area contributed by atoms with Crippen LogP contribution in [0.2, 0.25) is 0 Å². The molecule has 0 bridgehead atoms. The Balaban J connectivity index is -0.00000108. The van der Waals surface area contributed by atoms with Gasteiger partial charge < -0.3 is 48.4 Å². The van der Waals surface area contributed by atoms with E-state index >= 15 is 0 Å². The Morgan fingerprint density at radius 3 is 0.911 bits per heavy atom. The summed E-state index contributed by atoms with van der Waals surface area (Å²) in [5.41, 5.74) is -1.49. The summed E-state index contributed by atoms with van der Waals surface area (Å²) in [4.78, 5) is 14.8. The van der Waals surface area contributed by atoms with Gasteiger partial charge in [-0.25, -0.2) is 26.3 Å². The summed E-state index contributed by atoms with van der Waals surface area (Å²) in [5, 5.41) is 2.83. The fraction of sp³-hybridized carbons (Fsp3) is 1.00. The molecule has 480 valence electrons. The third kappa shape index (κ3) is 48.0. The number of unbranched alkanes of at least 4 members (excludes halogenated alkanes) is 3. The first kappa shape index (κ1) is 82.3. The topological polar surface area (TPSA) is 86.9 Å². The third-order valence-electron chi connectivity index (χ3n) is 13.0. The summed E-state index contributed by atoms with van der Waals surface area (Å²) in [6.07, 6.45) is 5.43. The first-order valence-electron chi connectivity index (χ1n) is 29.0. The number of rotatable bonds is 32. The van der Waals surface area contributed by atoms with Crippen molar-refractivity contribution in [3.05, 3.63) is 0 Å². The lowest BCUT2D eigenvalue weighted by molar-refractivity contribution is -0.152. The molecule has 0 amide bonds. The van der Waals surface area contributed by atoms with Crippen molar-refractivity contribution < 1.29 is 54.8 Å². The minimum atomic E-state index is -2.93. The van der Waals surface area contributed by atoms with E-state index in [2.05, 4.69) is 83.2 Å². The van der Waals surface area contributed by atoms with Crippen LogP contribution in [0.15, 0.2) is 0 Å². The molecule has 3 rings (SSSR count). The van der Waals surface area contributed by atoms with Crippen molar-refractivity contribution in [2.24, 2.45) is 0 Å². The molecule has 3 aliphatic heterocycles. The van der Waals surface area contributed by atoms with Gasteiger partial charge in [0.25, 0.3) is 17.8 Å². The molecule has 0 aromatic rings. The van der Waals surface area contributed by atoms with Gasteiger partial charge in [-0.2, -0.15) is 0 Å². The first-order chi connectivity index (χ1) is 35.0. The van der Waals surface area contributed by atoms with E-state index in [9.17, 15) is 26.3 Å². The summed E-state index contributed by atoms with van der Waals surface area (Å²) in [5.74, 6) is -8.65. The van der Waals surface area contributed by atoms with Crippen LogP contribution >= 0.6 is 0 Å². The Morgan fingerprint density at radius 1 is 0.354 bits per heavy atom. The van der Waals surface area contributed by atoms with Crippen LogP contribution in [0.3, 0.4) is 0 Å². The van der Waals surface area contributed by atoms with Gasteiger partial charge in [0.15, 0.2) is 0 Å². The van der Waals surface area contributed by atoms with E-state index < -0.39 is 62.0 Å². The molecule has 3 fully saturated rings. The molecule has 3 aliphatic rings. The van der Waals surface area contributed by atoms with Crippen molar-refractivity contribution in [2.45, 2.75) is 224 Å². The maximum absolute atomic E-state index is 13.7. The van der Waals surface area contributed by atoms with Gasteiger partial charge in [0.2, 0.25) is 0 Å². The Labute approximate surface area is 482 Å². The first-order valence-corrected chi connectivity index (χ1v) is 29.0. The normalized spacial score (nSPS) is 17.6. The molecule has 0 aromatic carbocycles. The fourth-order valence-corrected chi connectivity index (χ4v) is 8.18. The number of hydrogen-bond acceptors (Lipinski definition) is 13. The molecule has 3 saturated heterocycles. The Kier molecular flexibility index (Phi) is 42.9. The molecule has 0 spiro atoms. The smallest absolute Gasteiger partial charge is 0.293 e. The minimum absolute atomic E-state index is 0. The standard InChI is InChI=1S/C21H42F2N2O3.C18H37F2N3O.C18H36F2N2O2.3CH4/c1-19(2,3)27-16-14-25-12-10-24(11-13-25)9-7-8-15-26-17-21(22,23)18-28-20(4,5)6;1-16(2)23-11-9-22(10-12-23)8-6-7-13-24-15-18(19,20)14-21-17(3,4)5;1-16(2)22-11-9-21(10-12-22)8-6-7-13-23-14-18(19,20)15-24-17(3,4)5;;;/h7-18H2,1-6H3;16,21H,6-15H2,1-5H3;16H,6-15H2,1-5H3;3*1H4. The van der Waals surface area contributed by atoms with E-state index in [1.165, 1.54) is 0 Å². The number of alkyl halides is 6. The van der Waals surface area contributed by atoms with Crippen molar-refractivity contribution in [2.75, 3.05) is 171 Å². The molecule has 79 heavy (non-hydrogen) atoms. The third-order valence-corrected chi connectivity index (χ3v) is 13.0. The monoisotopic (exact) mass is 1160 g/mol. The number of hydrogen-bond donors (Lipinski definition) is 1. The second-order valence-electron chi connectivity index (χ2n) is 25.8. The van der Waals surface area contributed by atoms with Gasteiger partial charge in [-0.1, -0.05) is 22.3 Å². The zero-order chi connectivity index (χ0) is 57.7. The lowest BCUT2D eigenvalue weighted by Gasteiger charge is -2.36. The fourth-order valence-electron chi connectivity index (χ4n) is 8.18. The highest BCUT2D eigenvalue weighted by Gasteiger charge is 2.34. The maximum Gasteiger partial charge on any atom is 0.293 e. The Morgan fingerprint density at radius 2 is 0.633 bits per heavy atom. The number of nitrogens with zero attached hydrogens (tertiary/aromatic N) is 6. The van der Waals surface area contributed by atoms with Gasteiger partial charge in [0.1, 0.15) is 33.0 Å². The lowest BCUT2D eigenvalue weighted by Crippen LogP contribution is -2.48. The number of piperazine rings is 3. The highest BCUT2D eigenvalue weighted by molar-refractivity contribution is 4.79. The summed E-state index contributed by atoms with van der Waals surface area (Å²) >= 11 is 0. The number of halogens is 6. The highest BCUT2D eigenvalue weighted by Crippen LogP contribution is 2.21. The van der Waals surface area contributed by atoms with Crippen molar-refractivity contribution >= 4 is 0 Å². The summed E-state index contributed by atoms with van der Waals surface area (Å²) in [6, 6.07) is 1.24. The predicted molar refractivity (Wildman–Crippen MR) is 319 cm³/mol. The zero-order valence-electron chi connectivity index (χ0n) is 51.2. The van der Waals surface area contributed by atoms with Gasteiger partial charge >= 0.3 is 0 Å². The van der Waals surface area contributed by atoms with Gasteiger partial charge in [0, 0.05) is 123 Å². The van der Waals surface area contributed by atoms with E-state index in [1.54, 1.807) is 41.5 Å². The molecule has 19 heteroatoms. The van der Waals surface area contributed by atoms with Crippen molar-refractivity contribution in [1.82, 2.24) is 34.7 Å². The molecule has 0 atom stereocenters. The van der Waals surface area contributed by atoms with E-state index in [0.717, 1.165) is 150 Å². The van der Waals surface area contributed by atoms with Crippen LogP contribution in [0.1, 0.15) is 172 Å². The van der Waals surface area contributed by atoms with E-state index in [4.69, 9.17) is 28.4 Å². The summed E-state index contributed by atoms with van der Waals surface area (Å²) < 4.78 is 113. The van der Waals surface area contributed by atoms with Crippen LogP contribution in [-0.2, 0) is 28.4 Å². The van der Waals surface area contributed by atoms with Gasteiger partial charge in [-0.15, -0.1) is 0 Å². The lowest BCUT2D eigenvalue weighted by atomic mass is 10.1. The van der Waals surface area contributed by atoms with Crippen molar-refractivity contribution in [3.8, 4) is 0 Å². The van der Waals surface area contributed by atoms with Gasteiger partial charge in [-0.05, 0) is 169 Å². The molecular formula is C60H127F6N7O6. The van der Waals surface area contributed by atoms with E-state index in [-0.39, 0.29) is 40.0 Å². The summed E-state index contributed by atoms with van der Waals surface area (Å²) in [6.45, 7) is 47.4. The molecule has 0 radical (unpaired) electrons. The predicted octanol–water partition coefficient (Wildman–Crippen LogP) is 11.7. The van der Waals surface area contributed by atoms with Crippen LogP contribution in [0.4, 0.5) is 26.3 Å². The average Bonchev–Trinajstić information content (AvgIpc) is 3.31. The largest absolute Gasteiger partial charge is 0.375 e. The van der Waals surface area contributed by atoms with Crippen LogP contribution in [0.25, 0.3) is 0 Å². The second-order valence-corrected chi connectivity index (χ2v) is 25.8. The number of nitrogens with one attached hydrogen (secondary N) is 1. The van der Waals surface area contributed by atoms with Crippen molar-refractivity contribution in [1.29, 1.82) is 0 Å². The summed E-state index contributed by atoms with van der Waals surface area (Å²) in [7, 11) is 0. The molecule has 3 heterocycles. The zero-order valence-corrected chi connectivity index (χ0v) is 51.2. The average molecular weight is 1160 g/mol. The van der Waals surface area contributed by atoms with Crippen LogP contribution in [0.5, 0.6) is 0 Å². The van der Waals surface area contributed by atoms with Crippen LogP contribution in [0, 0.1) is 0 Å². The maximum atomic E-state index is 13.7. The SMILES string of the molecule is C.C.C.CC(C)(C)OCCN1CCN(CCCCOCC(F)(F)COC(C)(C)C)CC1.CC(C)N1CCN(CCCCOCC(F)(F)CNC(C)(C)C)CC1.CC(C)N1CCN(CCCCOCC(F)(F)COC(C)(C)C)CC1. The molecular weight excluding hydrogens is 1030 g/mol. The van der Waals surface area contributed by atoms with E-state index in [0.29, 0.717) is 31.9 Å². The molecule has 0 saturated carbocycles. The van der Waals surface area contributed by atoms with Crippen molar-refractivity contribution in [3.63, 3.8) is 0 Å². The minimum Gasteiger partial charge on any atom is -0.375 e. The molecule has 0 unspecified atom stereocenters.